The molecule has 1 N–H and O–H groups in total. The first-order valence-corrected chi connectivity index (χ1v) is 10.6. The monoisotopic (exact) mass is 412 g/mol. The van der Waals surface area contributed by atoms with Crippen molar-refractivity contribution in [2.75, 3.05) is 0 Å². The molecule has 3 aromatic heterocycles. The zero-order chi connectivity index (χ0) is 20.7. The molecule has 0 fully saturated rings. The molecule has 5 rings (SSSR count). The molecule has 0 unspecified atom stereocenters. The molecule has 6 heteroatoms. The lowest BCUT2D eigenvalue weighted by Gasteiger charge is -2.05. The summed E-state index contributed by atoms with van der Waals surface area (Å²) >= 11 is 1.59. The van der Waals surface area contributed by atoms with Crippen molar-refractivity contribution in [1.82, 2.24) is 19.7 Å². The van der Waals surface area contributed by atoms with Crippen LogP contribution in [0.5, 0.6) is 0 Å². The van der Waals surface area contributed by atoms with Gasteiger partial charge in [-0.2, -0.15) is 0 Å². The van der Waals surface area contributed by atoms with E-state index < -0.39 is 0 Å². The maximum absolute atomic E-state index is 12.6. The number of hydrogen-bond donors (Lipinski definition) is 1. The van der Waals surface area contributed by atoms with Crippen LogP contribution in [0.4, 0.5) is 0 Å². The van der Waals surface area contributed by atoms with E-state index in [4.69, 9.17) is 4.98 Å². The van der Waals surface area contributed by atoms with Gasteiger partial charge < -0.3 is 5.32 Å². The van der Waals surface area contributed by atoms with Crippen LogP contribution in [-0.2, 0) is 6.54 Å². The summed E-state index contributed by atoms with van der Waals surface area (Å²) in [6.45, 7) is 4.67. The highest BCUT2D eigenvalue weighted by atomic mass is 32.1. The van der Waals surface area contributed by atoms with E-state index in [9.17, 15) is 4.79 Å². The molecule has 0 saturated heterocycles. The Kier molecular flexibility index (Phi) is 4.56. The molecule has 148 valence electrons. The average Bonchev–Trinajstić information content (AvgIpc) is 3.30. The third-order valence-electron chi connectivity index (χ3n) is 5.19. The van der Waals surface area contributed by atoms with Gasteiger partial charge in [0.1, 0.15) is 0 Å². The Balaban J connectivity index is 1.43. The van der Waals surface area contributed by atoms with Crippen molar-refractivity contribution in [1.29, 1.82) is 0 Å². The molecule has 1 amide bonds. The maximum atomic E-state index is 12.6. The van der Waals surface area contributed by atoms with Crippen molar-refractivity contribution in [2.45, 2.75) is 20.4 Å². The fourth-order valence-corrected chi connectivity index (χ4v) is 4.71. The third kappa shape index (κ3) is 3.35. The molecule has 5 nitrogen and oxygen atoms in total. The van der Waals surface area contributed by atoms with Crippen LogP contribution < -0.4 is 5.32 Å². The fourth-order valence-electron chi connectivity index (χ4n) is 3.66. The predicted octanol–water partition coefficient (Wildman–Crippen LogP) is 5.16. The Morgan fingerprint density at radius 2 is 2.03 bits per heavy atom. The van der Waals surface area contributed by atoms with Crippen molar-refractivity contribution >= 4 is 32.4 Å². The number of pyridine rings is 1. The van der Waals surface area contributed by atoms with Crippen molar-refractivity contribution in [2.24, 2.45) is 0 Å². The summed E-state index contributed by atoms with van der Waals surface area (Å²) in [5.74, 6) is -0.0947. The largest absolute Gasteiger partial charge is 0.348 e. The zero-order valence-corrected chi connectivity index (χ0v) is 17.5. The van der Waals surface area contributed by atoms with E-state index in [2.05, 4.69) is 52.9 Å². The standard InChI is InChI=1S/C24H20N4OS/c1-15-5-7-19(16(2)10-15)20-14-28-21-8-6-18(11-22(21)30-24(28)27-20)23(29)26-13-17-4-3-9-25-12-17/h3-12,14H,13H2,1-2H3,(H,26,29). The van der Waals surface area contributed by atoms with Gasteiger partial charge in [0.15, 0.2) is 4.96 Å². The number of carbonyl (C=O) groups excluding carboxylic acids is 1. The van der Waals surface area contributed by atoms with Gasteiger partial charge in [-0.3, -0.25) is 14.2 Å². The van der Waals surface area contributed by atoms with Gasteiger partial charge >= 0.3 is 0 Å². The summed E-state index contributed by atoms with van der Waals surface area (Å²) < 4.78 is 3.14. The van der Waals surface area contributed by atoms with Gasteiger partial charge in [0, 0.05) is 36.3 Å². The molecule has 0 bridgehead atoms. The van der Waals surface area contributed by atoms with E-state index in [1.807, 2.05) is 30.3 Å². The Morgan fingerprint density at radius 3 is 2.83 bits per heavy atom. The van der Waals surface area contributed by atoms with E-state index in [0.29, 0.717) is 12.1 Å². The molecule has 0 aliphatic rings. The number of thiazole rings is 1. The van der Waals surface area contributed by atoms with Crippen LogP contribution in [0, 0.1) is 13.8 Å². The summed E-state index contributed by atoms with van der Waals surface area (Å²) in [5, 5.41) is 2.95. The van der Waals surface area contributed by atoms with Crippen LogP contribution in [0.3, 0.4) is 0 Å². The first-order valence-electron chi connectivity index (χ1n) is 9.75. The minimum absolute atomic E-state index is 0.0947. The highest BCUT2D eigenvalue weighted by Crippen LogP contribution is 2.31. The number of nitrogens with one attached hydrogen (secondary N) is 1. The van der Waals surface area contributed by atoms with Gasteiger partial charge in [-0.25, -0.2) is 4.98 Å². The molecule has 0 aliphatic carbocycles. The van der Waals surface area contributed by atoms with Crippen molar-refractivity contribution in [3.63, 3.8) is 0 Å². The second-order valence-corrected chi connectivity index (χ2v) is 8.43. The summed E-state index contributed by atoms with van der Waals surface area (Å²) in [5.41, 5.74) is 7.26. The van der Waals surface area contributed by atoms with Gasteiger partial charge in [0.2, 0.25) is 0 Å². The van der Waals surface area contributed by atoms with Crippen molar-refractivity contribution < 1.29 is 4.79 Å². The number of benzene rings is 2. The van der Waals surface area contributed by atoms with Crippen LogP contribution in [0.2, 0.25) is 0 Å². The van der Waals surface area contributed by atoms with E-state index in [0.717, 1.165) is 32.0 Å². The quantitative estimate of drug-likeness (QED) is 0.444. The smallest absolute Gasteiger partial charge is 0.251 e. The highest BCUT2D eigenvalue weighted by molar-refractivity contribution is 7.23. The Morgan fingerprint density at radius 1 is 1.13 bits per heavy atom. The number of aromatic nitrogens is 3. The SMILES string of the molecule is Cc1ccc(-c2cn3c(n2)sc2cc(C(=O)NCc4cccnc4)ccc23)c(C)c1. The van der Waals surface area contributed by atoms with Crippen LogP contribution in [-0.4, -0.2) is 20.3 Å². The minimum Gasteiger partial charge on any atom is -0.348 e. The second kappa shape index (κ2) is 7.39. The predicted molar refractivity (Wildman–Crippen MR) is 121 cm³/mol. The minimum atomic E-state index is -0.0947. The molecule has 0 aliphatic heterocycles. The van der Waals surface area contributed by atoms with Crippen LogP contribution in [0.15, 0.2) is 67.1 Å². The molecular weight excluding hydrogens is 392 g/mol. The number of amides is 1. The number of hydrogen-bond acceptors (Lipinski definition) is 4. The summed E-state index contributed by atoms with van der Waals surface area (Å²) in [6.07, 6.45) is 5.55. The summed E-state index contributed by atoms with van der Waals surface area (Å²) in [7, 11) is 0. The number of fused-ring (bicyclic) bond motifs is 3. The average molecular weight is 413 g/mol. The fraction of sp³-hybridized carbons (Fsp3) is 0.125. The first-order chi connectivity index (χ1) is 14.6. The molecule has 0 radical (unpaired) electrons. The second-order valence-electron chi connectivity index (χ2n) is 7.43. The van der Waals surface area contributed by atoms with E-state index >= 15 is 0 Å². The lowest BCUT2D eigenvalue weighted by Crippen LogP contribution is -2.22. The molecule has 0 spiro atoms. The molecule has 3 heterocycles. The van der Waals surface area contributed by atoms with Crippen molar-refractivity contribution in [3.05, 3.63) is 89.4 Å². The van der Waals surface area contributed by atoms with Crippen LogP contribution in [0.25, 0.3) is 26.4 Å². The molecular formula is C24H20N4OS. The van der Waals surface area contributed by atoms with Crippen LogP contribution >= 0.6 is 11.3 Å². The van der Waals surface area contributed by atoms with Gasteiger partial charge in [0.05, 0.1) is 15.9 Å². The number of rotatable bonds is 4. The van der Waals surface area contributed by atoms with Gasteiger partial charge in [-0.15, -0.1) is 0 Å². The van der Waals surface area contributed by atoms with Gasteiger partial charge in [-0.1, -0.05) is 41.2 Å². The lowest BCUT2D eigenvalue weighted by atomic mass is 10.0. The molecule has 30 heavy (non-hydrogen) atoms. The number of aryl methyl sites for hydroxylation is 2. The van der Waals surface area contributed by atoms with Crippen LogP contribution in [0.1, 0.15) is 27.0 Å². The highest BCUT2D eigenvalue weighted by Gasteiger charge is 2.14. The van der Waals surface area contributed by atoms with Gasteiger partial charge in [-0.05, 0) is 49.2 Å². The third-order valence-corrected chi connectivity index (χ3v) is 6.21. The molecule has 2 aromatic carbocycles. The van der Waals surface area contributed by atoms with E-state index in [1.165, 1.54) is 11.1 Å². The lowest BCUT2D eigenvalue weighted by molar-refractivity contribution is 0.0951. The first kappa shape index (κ1) is 18.5. The number of imidazole rings is 1. The van der Waals surface area contributed by atoms with E-state index in [1.54, 1.807) is 23.7 Å². The number of nitrogens with zero attached hydrogens (tertiary/aromatic N) is 3. The molecule has 5 aromatic rings. The normalized spacial score (nSPS) is 11.3. The summed E-state index contributed by atoms with van der Waals surface area (Å²) in [6, 6.07) is 16.0. The topological polar surface area (TPSA) is 59.3 Å². The maximum Gasteiger partial charge on any atom is 0.251 e. The zero-order valence-electron chi connectivity index (χ0n) is 16.7. The Bertz CT molecular complexity index is 1380. The Hall–Kier alpha value is -3.51. The van der Waals surface area contributed by atoms with E-state index in [-0.39, 0.29) is 5.91 Å². The molecule has 0 atom stereocenters. The van der Waals surface area contributed by atoms with Gasteiger partial charge in [0.25, 0.3) is 5.91 Å². The summed E-state index contributed by atoms with van der Waals surface area (Å²) in [4.78, 5) is 22.4. The number of carbonyl (C=O) groups is 1. The molecule has 0 saturated carbocycles. The Labute approximate surface area is 178 Å². The van der Waals surface area contributed by atoms with Crippen molar-refractivity contribution in [3.8, 4) is 11.3 Å².